The van der Waals surface area contributed by atoms with Crippen molar-refractivity contribution in [2.45, 2.75) is 37.6 Å². The van der Waals surface area contributed by atoms with Gasteiger partial charge in [-0.15, -0.1) is 0 Å². The van der Waals surface area contributed by atoms with Crippen LogP contribution < -0.4 is 21.3 Å². The van der Waals surface area contributed by atoms with Crippen LogP contribution in [0.15, 0.2) is 36.3 Å². The van der Waals surface area contributed by atoms with Gasteiger partial charge in [0.05, 0.1) is 18.0 Å². The molecule has 0 radical (unpaired) electrons. The van der Waals surface area contributed by atoms with Gasteiger partial charge in [-0.2, -0.15) is 9.61 Å². The van der Waals surface area contributed by atoms with Gasteiger partial charge < -0.3 is 31.1 Å². The van der Waals surface area contributed by atoms with E-state index in [2.05, 4.69) is 31.3 Å². The molecule has 5 N–H and O–H groups in total. The number of dihydropyridines is 1. The highest BCUT2D eigenvalue weighted by Crippen LogP contribution is 2.24. The molecule has 3 heterocycles. The summed E-state index contributed by atoms with van der Waals surface area (Å²) in [7, 11) is 3.46. The fourth-order valence-corrected chi connectivity index (χ4v) is 3.65. The van der Waals surface area contributed by atoms with Gasteiger partial charge in [-0.3, -0.25) is 4.79 Å². The number of hydrogen-bond acceptors (Lipinski definition) is 8. The van der Waals surface area contributed by atoms with Gasteiger partial charge in [-0.1, -0.05) is 0 Å². The van der Waals surface area contributed by atoms with E-state index >= 15 is 0 Å². The summed E-state index contributed by atoms with van der Waals surface area (Å²) in [4.78, 5) is 17.4. The van der Waals surface area contributed by atoms with E-state index in [-0.39, 0.29) is 18.1 Å². The molecule has 1 unspecified atom stereocenters. The molecule has 0 bridgehead atoms. The fourth-order valence-electron chi connectivity index (χ4n) is 3.65. The second kappa shape index (κ2) is 8.10. The van der Waals surface area contributed by atoms with Crippen molar-refractivity contribution in [1.29, 1.82) is 0 Å². The molecule has 1 aliphatic heterocycles. The maximum Gasteiger partial charge on any atom is 0.256 e. The Hall–Kier alpha value is -3.11. The minimum absolute atomic E-state index is 0.0767. The molecule has 1 amide bonds. The summed E-state index contributed by atoms with van der Waals surface area (Å²) < 4.78 is 6.96. The number of anilines is 2. The first-order valence-corrected chi connectivity index (χ1v) is 9.57. The molecule has 10 nitrogen and oxygen atoms in total. The number of ether oxygens (including phenoxy) is 1. The van der Waals surface area contributed by atoms with E-state index in [1.807, 2.05) is 0 Å². The van der Waals surface area contributed by atoms with Crippen molar-refractivity contribution >= 4 is 23.2 Å². The number of hydrogen-bond donors (Lipinski definition) is 5. The van der Waals surface area contributed by atoms with Gasteiger partial charge in [-0.25, -0.2) is 4.98 Å². The summed E-state index contributed by atoms with van der Waals surface area (Å²) in [5.41, 5.74) is 1.36. The smallest absolute Gasteiger partial charge is 0.256 e. The van der Waals surface area contributed by atoms with Crippen molar-refractivity contribution in [3.8, 4) is 0 Å². The van der Waals surface area contributed by atoms with E-state index < -0.39 is 6.23 Å². The molecule has 29 heavy (non-hydrogen) atoms. The van der Waals surface area contributed by atoms with Crippen LogP contribution in [-0.4, -0.2) is 58.1 Å². The highest BCUT2D eigenvalue weighted by Gasteiger charge is 2.27. The SMILES string of the molecule is CNc1cc(NC2=CC=CNC2O)nc2c(C(=O)N[C@@H]3CC[C@@H](OC)C3)cnn12. The first-order chi connectivity index (χ1) is 14.1. The third kappa shape index (κ3) is 3.89. The fraction of sp³-hybridized carbons (Fsp3) is 0.421. The average Bonchev–Trinajstić information content (AvgIpc) is 3.35. The number of carbonyl (C=O) groups excluding carboxylic acids is 1. The van der Waals surface area contributed by atoms with Crippen LogP contribution in [0.25, 0.3) is 5.65 Å². The molecule has 2 aliphatic rings. The summed E-state index contributed by atoms with van der Waals surface area (Å²) in [5, 5.41) is 26.4. The molecular weight excluding hydrogens is 374 g/mol. The summed E-state index contributed by atoms with van der Waals surface area (Å²) in [5.74, 6) is 0.931. The highest BCUT2D eigenvalue weighted by atomic mass is 16.5. The number of amides is 1. The Labute approximate surface area is 168 Å². The summed E-state index contributed by atoms with van der Waals surface area (Å²) in [6, 6.07) is 1.83. The van der Waals surface area contributed by atoms with Gasteiger partial charge >= 0.3 is 0 Å². The van der Waals surface area contributed by atoms with Gasteiger partial charge in [0.25, 0.3) is 5.91 Å². The van der Waals surface area contributed by atoms with E-state index in [1.54, 1.807) is 43.1 Å². The second-order valence-corrected chi connectivity index (χ2v) is 7.09. The van der Waals surface area contributed by atoms with Gasteiger partial charge in [0.1, 0.15) is 17.2 Å². The molecule has 2 aromatic heterocycles. The zero-order chi connectivity index (χ0) is 20.4. The molecule has 154 valence electrons. The standard InChI is InChI=1S/C19H25N7O3/c1-20-16-9-15(24-14-4-3-7-21-19(14)28)25-17-13(10-22-26(16)17)18(27)23-11-5-6-12(8-11)29-2/h3-4,7,9-12,19-21,28H,5-6,8H2,1-2H3,(H,23,27)(H,24,25)/t11-,12-,19?/m1/s1. The average molecular weight is 399 g/mol. The van der Waals surface area contributed by atoms with Crippen molar-refractivity contribution in [3.63, 3.8) is 0 Å². The quantitative estimate of drug-likeness (QED) is 0.483. The summed E-state index contributed by atoms with van der Waals surface area (Å²) in [6.07, 6.45) is 8.65. The van der Waals surface area contributed by atoms with Crippen molar-refractivity contribution in [2.24, 2.45) is 0 Å². The molecule has 1 fully saturated rings. The lowest BCUT2D eigenvalue weighted by Crippen LogP contribution is -2.33. The molecule has 0 saturated heterocycles. The van der Waals surface area contributed by atoms with Crippen molar-refractivity contribution < 1.29 is 14.6 Å². The van der Waals surface area contributed by atoms with Gasteiger partial charge in [-0.05, 0) is 37.6 Å². The number of aliphatic hydroxyl groups excluding tert-OH is 1. The van der Waals surface area contributed by atoms with Crippen LogP contribution in [-0.2, 0) is 4.74 Å². The number of rotatable bonds is 6. The zero-order valence-electron chi connectivity index (χ0n) is 16.3. The topological polar surface area (TPSA) is 125 Å². The maximum atomic E-state index is 12.9. The Morgan fingerprint density at radius 1 is 1.41 bits per heavy atom. The Balaban J connectivity index is 1.61. The van der Waals surface area contributed by atoms with Gasteiger partial charge in [0.15, 0.2) is 11.9 Å². The Morgan fingerprint density at radius 2 is 2.28 bits per heavy atom. The first-order valence-electron chi connectivity index (χ1n) is 9.57. The molecule has 0 spiro atoms. The Morgan fingerprint density at radius 3 is 3.00 bits per heavy atom. The van der Waals surface area contributed by atoms with E-state index in [9.17, 15) is 9.90 Å². The maximum absolute atomic E-state index is 12.9. The van der Waals surface area contributed by atoms with Crippen LogP contribution >= 0.6 is 0 Å². The molecule has 1 saturated carbocycles. The Bertz CT molecular complexity index is 968. The number of aromatic nitrogens is 3. The lowest BCUT2D eigenvalue weighted by Gasteiger charge is -2.19. The van der Waals surface area contributed by atoms with Crippen LogP contribution in [0.3, 0.4) is 0 Å². The summed E-state index contributed by atoms with van der Waals surface area (Å²) >= 11 is 0. The second-order valence-electron chi connectivity index (χ2n) is 7.09. The van der Waals surface area contributed by atoms with Crippen LogP contribution in [0, 0.1) is 0 Å². The van der Waals surface area contributed by atoms with Crippen LogP contribution in [0.2, 0.25) is 0 Å². The number of allylic oxidation sites excluding steroid dienone is 2. The van der Waals surface area contributed by atoms with Gasteiger partial charge in [0, 0.05) is 26.3 Å². The predicted octanol–water partition coefficient (Wildman–Crippen LogP) is 0.799. The normalized spacial score (nSPS) is 23.6. The lowest BCUT2D eigenvalue weighted by atomic mass is 10.2. The van der Waals surface area contributed by atoms with E-state index in [1.165, 1.54) is 6.20 Å². The van der Waals surface area contributed by atoms with E-state index in [0.717, 1.165) is 19.3 Å². The molecule has 4 rings (SSSR count). The minimum Gasteiger partial charge on any atom is -0.381 e. The Kier molecular flexibility index (Phi) is 5.36. The number of methoxy groups -OCH3 is 1. The number of carbonyl (C=O) groups is 1. The lowest BCUT2D eigenvalue weighted by molar-refractivity contribution is 0.0916. The van der Waals surface area contributed by atoms with Crippen molar-refractivity contribution in [3.05, 3.63) is 41.9 Å². The zero-order valence-corrected chi connectivity index (χ0v) is 16.3. The monoisotopic (exact) mass is 399 g/mol. The van der Waals surface area contributed by atoms with E-state index in [4.69, 9.17) is 4.74 Å². The molecule has 0 aromatic carbocycles. The van der Waals surface area contributed by atoms with Crippen molar-refractivity contribution in [2.75, 3.05) is 24.8 Å². The predicted molar refractivity (Wildman–Crippen MR) is 108 cm³/mol. The van der Waals surface area contributed by atoms with E-state index in [0.29, 0.717) is 28.5 Å². The highest BCUT2D eigenvalue weighted by molar-refractivity contribution is 6.00. The molecular formula is C19H25N7O3. The minimum atomic E-state index is -0.861. The van der Waals surface area contributed by atoms with Crippen LogP contribution in [0.1, 0.15) is 29.6 Å². The molecule has 2 aromatic rings. The number of nitrogens with zero attached hydrogens (tertiary/aromatic N) is 3. The van der Waals surface area contributed by atoms with Crippen LogP contribution in [0.4, 0.5) is 11.6 Å². The number of fused-ring (bicyclic) bond motifs is 1. The third-order valence-corrected chi connectivity index (χ3v) is 5.22. The van der Waals surface area contributed by atoms with Crippen LogP contribution in [0.5, 0.6) is 0 Å². The van der Waals surface area contributed by atoms with Crippen molar-refractivity contribution in [1.82, 2.24) is 25.2 Å². The third-order valence-electron chi connectivity index (χ3n) is 5.22. The molecule has 3 atom stereocenters. The number of nitrogens with one attached hydrogen (secondary N) is 4. The molecule has 10 heteroatoms. The van der Waals surface area contributed by atoms with Gasteiger partial charge in [0.2, 0.25) is 0 Å². The first kappa shape index (κ1) is 19.2. The molecule has 1 aliphatic carbocycles. The number of aliphatic hydroxyl groups is 1. The summed E-state index contributed by atoms with van der Waals surface area (Å²) in [6.45, 7) is 0. The largest absolute Gasteiger partial charge is 0.381 e.